The number of nitrogens with one attached hydrogen (secondary N) is 1. The summed E-state index contributed by atoms with van der Waals surface area (Å²) < 4.78 is 35.0. The van der Waals surface area contributed by atoms with Gasteiger partial charge in [0, 0.05) is 24.0 Å². The van der Waals surface area contributed by atoms with Gasteiger partial charge in [-0.25, -0.2) is 0 Å². The van der Waals surface area contributed by atoms with E-state index in [2.05, 4.69) is 5.32 Å². The fourth-order valence-electron chi connectivity index (χ4n) is 5.57. The lowest BCUT2D eigenvalue weighted by atomic mass is 9.97. The summed E-state index contributed by atoms with van der Waals surface area (Å²) in [6, 6.07) is 20.4. The molecule has 2 aliphatic heterocycles. The predicted octanol–water partition coefficient (Wildman–Crippen LogP) is 2.88. The molecule has 45 heavy (non-hydrogen) atoms. The van der Waals surface area contributed by atoms with Crippen molar-refractivity contribution >= 4 is 11.6 Å². The Hall–Kier alpha value is -2.97. The SMILES string of the molecule is COc1cccc(OC)c1OC1OC(CO)C(O)C(O)C1OC1CC(NCc2ccc(-c3ccc(Cl)cc3)cc2)C(O)C(C)O1. The summed E-state index contributed by atoms with van der Waals surface area (Å²) in [6.45, 7) is 1.64. The lowest BCUT2D eigenvalue weighted by Gasteiger charge is -2.45. The van der Waals surface area contributed by atoms with E-state index < -0.39 is 61.9 Å². The van der Waals surface area contributed by atoms with Gasteiger partial charge in [-0.3, -0.25) is 0 Å². The highest BCUT2D eigenvalue weighted by Gasteiger charge is 2.49. The largest absolute Gasteiger partial charge is 0.493 e. The normalized spacial score (nSPS) is 30.1. The Morgan fingerprint density at radius 1 is 0.844 bits per heavy atom. The molecule has 9 unspecified atom stereocenters. The number of rotatable bonds is 11. The highest BCUT2D eigenvalue weighted by molar-refractivity contribution is 6.30. The lowest BCUT2D eigenvalue weighted by Crippen LogP contribution is -2.63. The molecule has 2 aliphatic rings. The third kappa shape index (κ3) is 7.71. The number of methoxy groups -OCH3 is 2. The van der Waals surface area contributed by atoms with Gasteiger partial charge < -0.3 is 54.2 Å². The third-order valence-electron chi connectivity index (χ3n) is 8.16. The molecule has 244 valence electrons. The van der Waals surface area contributed by atoms with Crippen LogP contribution in [0.25, 0.3) is 11.1 Å². The van der Waals surface area contributed by atoms with Gasteiger partial charge >= 0.3 is 0 Å². The van der Waals surface area contributed by atoms with Gasteiger partial charge in [0.1, 0.15) is 18.3 Å². The topological polar surface area (TPSA) is 148 Å². The second-order valence-electron chi connectivity index (χ2n) is 11.1. The van der Waals surface area contributed by atoms with Crippen LogP contribution in [0.3, 0.4) is 0 Å². The molecule has 0 aromatic heterocycles. The third-order valence-corrected chi connectivity index (χ3v) is 8.41. The van der Waals surface area contributed by atoms with Crippen LogP contribution in [0, 0.1) is 0 Å². The van der Waals surface area contributed by atoms with Crippen molar-refractivity contribution in [2.24, 2.45) is 0 Å². The molecule has 2 saturated heterocycles. The molecule has 0 aliphatic carbocycles. The Balaban J connectivity index is 1.28. The Bertz CT molecular complexity index is 1350. The summed E-state index contributed by atoms with van der Waals surface area (Å²) in [5, 5.41) is 46.6. The first kappa shape index (κ1) is 33.4. The summed E-state index contributed by atoms with van der Waals surface area (Å²) in [7, 11) is 2.94. The molecule has 5 N–H and O–H groups in total. The summed E-state index contributed by atoms with van der Waals surface area (Å²) in [4.78, 5) is 0. The van der Waals surface area contributed by atoms with Crippen LogP contribution in [-0.4, -0.2) is 96.5 Å². The van der Waals surface area contributed by atoms with Crippen LogP contribution in [0.1, 0.15) is 18.9 Å². The number of hydrogen-bond acceptors (Lipinski definition) is 11. The zero-order valence-electron chi connectivity index (χ0n) is 25.3. The molecule has 0 radical (unpaired) electrons. The Kier molecular flexibility index (Phi) is 11.2. The molecule has 0 spiro atoms. The molecule has 3 aromatic rings. The first-order chi connectivity index (χ1) is 21.7. The maximum Gasteiger partial charge on any atom is 0.230 e. The van der Waals surface area contributed by atoms with Crippen molar-refractivity contribution in [1.82, 2.24) is 5.32 Å². The molecular formula is C33H40ClNO10. The molecule has 0 amide bonds. The average molecular weight is 646 g/mol. The Morgan fingerprint density at radius 2 is 1.47 bits per heavy atom. The van der Waals surface area contributed by atoms with Gasteiger partial charge in [-0.2, -0.15) is 0 Å². The monoisotopic (exact) mass is 645 g/mol. The number of halogens is 1. The molecule has 2 heterocycles. The first-order valence-electron chi connectivity index (χ1n) is 14.8. The molecular weight excluding hydrogens is 606 g/mol. The molecule has 5 rings (SSSR count). The van der Waals surface area contributed by atoms with Gasteiger partial charge in [-0.1, -0.05) is 54.1 Å². The average Bonchev–Trinajstić information content (AvgIpc) is 3.05. The van der Waals surface area contributed by atoms with E-state index in [0.717, 1.165) is 16.7 Å². The summed E-state index contributed by atoms with van der Waals surface area (Å²) >= 11 is 6.01. The quantitative estimate of drug-likeness (QED) is 0.210. The van der Waals surface area contributed by atoms with Crippen LogP contribution in [0.4, 0.5) is 0 Å². The second-order valence-corrected chi connectivity index (χ2v) is 11.5. The molecule has 9 atom stereocenters. The van der Waals surface area contributed by atoms with Gasteiger partial charge in [0.05, 0.1) is 33.0 Å². The molecule has 0 saturated carbocycles. The minimum absolute atomic E-state index is 0.191. The van der Waals surface area contributed by atoms with E-state index >= 15 is 0 Å². The number of hydrogen-bond donors (Lipinski definition) is 5. The molecule has 3 aromatic carbocycles. The lowest BCUT2D eigenvalue weighted by molar-refractivity contribution is -0.330. The van der Waals surface area contributed by atoms with Crippen molar-refractivity contribution in [3.8, 4) is 28.4 Å². The number of aliphatic hydroxyl groups is 4. The molecule has 2 fully saturated rings. The van der Waals surface area contributed by atoms with E-state index in [1.807, 2.05) is 48.5 Å². The number of aliphatic hydroxyl groups excluding tert-OH is 4. The summed E-state index contributed by atoms with van der Waals surface area (Å²) in [6.07, 6.45) is -8.76. The van der Waals surface area contributed by atoms with E-state index in [1.165, 1.54) is 14.2 Å². The molecule has 11 nitrogen and oxygen atoms in total. The number of para-hydroxylation sites is 1. The van der Waals surface area contributed by atoms with Gasteiger partial charge in [-0.15, -0.1) is 0 Å². The van der Waals surface area contributed by atoms with Crippen LogP contribution in [-0.2, 0) is 20.8 Å². The van der Waals surface area contributed by atoms with Crippen LogP contribution < -0.4 is 19.5 Å². The maximum absolute atomic E-state index is 11.1. The van der Waals surface area contributed by atoms with Gasteiger partial charge in [0.15, 0.2) is 23.9 Å². The van der Waals surface area contributed by atoms with Crippen molar-refractivity contribution in [1.29, 1.82) is 0 Å². The second kappa shape index (κ2) is 15.1. The summed E-state index contributed by atoms with van der Waals surface area (Å²) in [5.41, 5.74) is 3.14. The number of benzene rings is 3. The Labute approximate surface area is 267 Å². The van der Waals surface area contributed by atoms with Gasteiger partial charge in [-0.05, 0) is 47.9 Å². The minimum atomic E-state index is -1.50. The zero-order chi connectivity index (χ0) is 32.1. The van der Waals surface area contributed by atoms with Crippen molar-refractivity contribution in [3.05, 3.63) is 77.3 Å². The van der Waals surface area contributed by atoms with Crippen molar-refractivity contribution < 1.29 is 48.8 Å². The summed E-state index contributed by atoms with van der Waals surface area (Å²) in [5.74, 6) is 0.874. The van der Waals surface area contributed by atoms with E-state index in [1.54, 1.807) is 25.1 Å². The Morgan fingerprint density at radius 3 is 2.07 bits per heavy atom. The fourth-order valence-corrected chi connectivity index (χ4v) is 5.69. The highest BCUT2D eigenvalue weighted by Crippen LogP contribution is 2.40. The van der Waals surface area contributed by atoms with E-state index in [9.17, 15) is 20.4 Å². The zero-order valence-corrected chi connectivity index (χ0v) is 26.0. The maximum atomic E-state index is 11.1. The van der Waals surface area contributed by atoms with Gasteiger partial charge in [0.25, 0.3) is 0 Å². The minimum Gasteiger partial charge on any atom is -0.493 e. The van der Waals surface area contributed by atoms with E-state index in [-0.39, 0.29) is 12.2 Å². The van der Waals surface area contributed by atoms with Gasteiger partial charge in [0.2, 0.25) is 12.0 Å². The van der Waals surface area contributed by atoms with E-state index in [4.69, 9.17) is 40.0 Å². The fraction of sp³-hybridized carbons (Fsp3) is 0.455. The van der Waals surface area contributed by atoms with Crippen LogP contribution >= 0.6 is 11.6 Å². The van der Waals surface area contributed by atoms with E-state index in [0.29, 0.717) is 23.1 Å². The van der Waals surface area contributed by atoms with Crippen LogP contribution in [0.5, 0.6) is 17.2 Å². The van der Waals surface area contributed by atoms with Crippen molar-refractivity contribution in [2.75, 3.05) is 20.8 Å². The predicted molar refractivity (Wildman–Crippen MR) is 165 cm³/mol. The van der Waals surface area contributed by atoms with Crippen molar-refractivity contribution in [2.45, 2.75) is 75.1 Å². The molecule has 0 bridgehead atoms. The molecule has 12 heteroatoms. The highest BCUT2D eigenvalue weighted by atomic mass is 35.5. The standard InChI is InChI=1S/C33H40ClNO10/c1-18-28(37)23(35-16-19-7-9-20(10-8-19)21-11-13-22(34)14-12-21)15-27(42-18)44-32-30(39)29(38)26(17-36)43-33(32)45-31-24(40-2)5-4-6-25(31)41-3/h4-14,18,23,26-30,32-33,35-39H,15-17H2,1-3H3. The van der Waals surface area contributed by atoms with Crippen LogP contribution in [0.15, 0.2) is 66.7 Å². The van der Waals surface area contributed by atoms with Crippen molar-refractivity contribution in [3.63, 3.8) is 0 Å². The number of ether oxygens (including phenoxy) is 6. The smallest absolute Gasteiger partial charge is 0.230 e. The van der Waals surface area contributed by atoms with Crippen LogP contribution in [0.2, 0.25) is 5.02 Å². The first-order valence-corrected chi connectivity index (χ1v) is 15.2.